The SMILES string of the molecule is NC(=O)CN1Cc2ccc(-c3ccnc(NC4=CNOC=C4)n3)cc2C1=O. The van der Waals surface area contributed by atoms with Crippen molar-refractivity contribution in [2.75, 3.05) is 11.9 Å². The van der Waals surface area contributed by atoms with Gasteiger partial charge in [-0.15, -0.1) is 0 Å². The quantitative estimate of drug-likeness (QED) is 0.720. The van der Waals surface area contributed by atoms with Gasteiger partial charge < -0.3 is 20.8 Å². The molecule has 2 amide bonds. The number of nitrogens with one attached hydrogen (secondary N) is 2. The molecule has 0 saturated heterocycles. The van der Waals surface area contributed by atoms with E-state index in [1.54, 1.807) is 30.6 Å². The molecule has 0 radical (unpaired) electrons. The minimum atomic E-state index is -0.533. The number of rotatable bonds is 5. The zero-order chi connectivity index (χ0) is 18.8. The highest BCUT2D eigenvalue weighted by molar-refractivity contribution is 6.01. The number of anilines is 1. The first-order valence-electron chi connectivity index (χ1n) is 8.19. The Labute approximate surface area is 154 Å². The van der Waals surface area contributed by atoms with Crippen LogP contribution < -0.4 is 16.5 Å². The molecule has 0 aliphatic carbocycles. The molecule has 1 aromatic heterocycles. The fourth-order valence-corrected chi connectivity index (χ4v) is 2.92. The van der Waals surface area contributed by atoms with Crippen molar-refractivity contribution >= 4 is 17.8 Å². The van der Waals surface area contributed by atoms with Gasteiger partial charge in [0.2, 0.25) is 11.9 Å². The van der Waals surface area contributed by atoms with Crippen molar-refractivity contribution in [1.82, 2.24) is 20.3 Å². The molecule has 2 aliphatic rings. The van der Waals surface area contributed by atoms with E-state index in [-0.39, 0.29) is 12.5 Å². The van der Waals surface area contributed by atoms with E-state index in [9.17, 15) is 9.59 Å². The van der Waals surface area contributed by atoms with Crippen molar-refractivity contribution in [3.05, 3.63) is 65.8 Å². The molecule has 0 unspecified atom stereocenters. The van der Waals surface area contributed by atoms with Crippen LogP contribution in [0.4, 0.5) is 5.95 Å². The summed E-state index contributed by atoms with van der Waals surface area (Å²) in [4.78, 5) is 38.6. The predicted molar refractivity (Wildman–Crippen MR) is 96.5 cm³/mol. The molecule has 3 heterocycles. The summed E-state index contributed by atoms with van der Waals surface area (Å²) in [5.74, 6) is -0.329. The lowest BCUT2D eigenvalue weighted by Gasteiger charge is -2.12. The molecule has 1 aromatic carbocycles. The zero-order valence-corrected chi connectivity index (χ0v) is 14.2. The summed E-state index contributed by atoms with van der Waals surface area (Å²) >= 11 is 0. The Morgan fingerprint density at radius 2 is 2.26 bits per heavy atom. The zero-order valence-electron chi connectivity index (χ0n) is 14.2. The van der Waals surface area contributed by atoms with Gasteiger partial charge in [-0.3, -0.25) is 9.59 Å². The van der Waals surface area contributed by atoms with Crippen LogP contribution in [0.2, 0.25) is 0 Å². The van der Waals surface area contributed by atoms with E-state index in [0.717, 1.165) is 16.8 Å². The number of hydrogen-bond acceptors (Lipinski definition) is 7. The van der Waals surface area contributed by atoms with Gasteiger partial charge in [-0.2, -0.15) is 0 Å². The summed E-state index contributed by atoms with van der Waals surface area (Å²) in [7, 11) is 0. The fraction of sp³-hybridized carbons (Fsp3) is 0.111. The van der Waals surface area contributed by atoms with Crippen LogP contribution >= 0.6 is 0 Å². The lowest BCUT2D eigenvalue weighted by Crippen LogP contribution is -2.33. The van der Waals surface area contributed by atoms with E-state index in [0.29, 0.717) is 23.8 Å². The molecule has 27 heavy (non-hydrogen) atoms. The third-order valence-electron chi connectivity index (χ3n) is 4.14. The van der Waals surface area contributed by atoms with Crippen LogP contribution in [-0.4, -0.2) is 33.2 Å². The second kappa shape index (κ2) is 6.79. The average Bonchev–Trinajstić information content (AvgIpc) is 2.97. The Bertz CT molecular complexity index is 985. The number of aromatic nitrogens is 2. The first-order valence-corrected chi connectivity index (χ1v) is 8.19. The molecule has 0 saturated carbocycles. The largest absolute Gasteiger partial charge is 0.390 e. The number of allylic oxidation sites excluding steroid dienone is 1. The van der Waals surface area contributed by atoms with Gasteiger partial charge in [-0.05, 0) is 17.7 Å². The molecule has 9 heteroatoms. The monoisotopic (exact) mass is 364 g/mol. The van der Waals surface area contributed by atoms with Crippen molar-refractivity contribution in [1.29, 1.82) is 0 Å². The number of carbonyl (C=O) groups excluding carboxylic acids is 2. The summed E-state index contributed by atoms with van der Waals surface area (Å²) in [5, 5.41) is 3.06. The molecule has 4 N–H and O–H groups in total. The van der Waals surface area contributed by atoms with E-state index in [1.807, 2.05) is 12.1 Å². The highest BCUT2D eigenvalue weighted by Crippen LogP contribution is 2.28. The van der Waals surface area contributed by atoms with Crippen molar-refractivity contribution < 1.29 is 14.4 Å². The second-order valence-electron chi connectivity index (χ2n) is 6.03. The van der Waals surface area contributed by atoms with Gasteiger partial charge in [-0.1, -0.05) is 12.1 Å². The van der Waals surface area contributed by atoms with Gasteiger partial charge >= 0.3 is 0 Å². The number of nitrogens with two attached hydrogens (primary N) is 1. The summed E-state index contributed by atoms with van der Waals surface area (Å²) in [6.07, 6.45) is 6.50. The lowest BCUT2D eigenvalue weighted by atomic mass is 10.0. The number of fused-ring (bicyclic) bond motifs is 1. The maximum atomic E-state index is 12.5. The topological polar surface area (TPSA) is 122 Å². The molecule has 0 atom stereocenters. The van der Waals surface area contributed by atoms with Gasteiger partial charge in [0.15, 0.2) is 0 Å². The number of hydrogen-bond donors (Lipinski definition) is 3. The predicted octanol–water partition coefficient (Wildman–Crippen LogP) is 0.886. The standard InChI is InChI=1S/C18H16N6O3/c19-16(25)10-24-9-12-2-1-11(7-14(12)17(24)26)15-3-5-20-18(23-15)22-13-4-6-27-21-8-13/h1-8,21H,9-10H2,(H2,19,25)(H,20,22,23). The van der Waals surface area contributed by atoms with E-state index >= 15 is 0 Å². The molecule has 0 spiro atoms. The van der Waals surface area contributed by atoms with Gasteiger partial charge in [0.05, 0.1) is 24.1 Å². The Morgan fingerprint density at radius 3 is 3.04 bits per heavy atom. The van der Waals surface area contributed by atoms with Crippen LogP contribution in [0, 0.1) is 0 Å². The van der Waals surface area contributed by atoms with Crippen LogP contribution in [0.1, 0.15) is 15.9 Å². The molecular weight excluding hydrogens is 348 g/mol. The van der Waals surface area contributed by atoms with Crippen molar-refractivity contribution in [2.45, 2.75) is 6.54 Å². The van der Waals surface area contributed by atoms with Crippen LogP contribution in [0.3, 0.4) is 0 Å². The summed E-state index contributed by atoms with van der Waals surface area (Å²) in [6.45, 7) is 0.286. The molecule has 2 aromatic rings. The maximum Gasteiger partial charge on any atom is 0.254 e. The number of primary amides is 1. The second-order valence-corrected chi connectivity index (χ2v) is 6.03. The van der Waals surface area contributed by atoms with Crippen molar-refractivity contribution in [3.8, 4) is 11.3 Å². The van der Waals surface area contributed by atoms with Crippen LogP contribution in [0.25, 0.3) is 11.3 Å². The number of carbonyl (C=O) groups is 2. The summed E-state index contributed by atoms with van der Waals surface area (Å²) in [6, 6.07) is 7.30. The number of amides is 2. The Morgan fingerprint density at radius 1 is 1.37 bits per heavy atom. The van der Waals surface area contributed by atoms with Gasteiger partial charge in [-0.25, -0.2) is 15.4 Å². The number of hydroxylamine groups is 1. The molecule has 136 valence electrons. The minimum absolute atomic E-state index is 0.0925. The molecule has 4 rings (SSSR count). The lowest BCUT2D eigenvalue weighted by molar-refractivity contribution is -0.118. The first kappa shape index (κ1) is 16.6. The Hall–Kier alpha value is -3.88. The number of nitrogens with zero attached hydrogens (tertiary/aromatic N) is 3. The third-order valence-corrected chi connectivity index (χ3v) is 4.14. The normalized spacial score (nSPS) is 14.9. The molecule has 9 nitrogen and oxygen atoms in total. The van der Waals surface area contributed by atoms with Gasteiger partial charge in [0.1, 0.15) is 6.26 Å². The fourth-order valence-electron chi connectivity index (χ4n) is 2.92. The molecule has 0 bridgehead atoms. The van der Waals surface area contributed by atoms with E-state index < -0.39 is 5.91 Å². The van der Waals surface area contributed by atoms with E-state index in [1.165, 1.54) is 11.2 Å². The van der Waals surface area contributed by atoms with Crippen molar-refractivity contribution in [2.24, 2.45) is 5.73 Å². The molecule has 0 fully saturated rings. The minimum Gasteiger partial charge on any atom is -0.390 e. The third kappa shape index (κ3) is 3.43. The Balaban J connectivity index is 1.58. The number of benzene rings is 1. The highest BCUT2D eigenvalue weighted by atomic mass is 16.6. The van der Waals surface area contributed by atoms with E-state index in [2.05, 4.69) is 20.8 Å². The summed E-state index contributed by atoms with van der Waals surface area (Å²) < 4.78 is 0. The molecular formula is C18H16N6O3. The van der Waals surface area contributed by atoms with Gasteiger partial charge in [0.25, 0.3) is 5.91 Å². The van der Waals surface area contributed by atoms with Crippen LogP contribution in [-0.2, 0) is 16.2 Å². The van der Waals surface area contributed by atoms with Crippen molar-refractivity contribution in [3.63, 3.8) is 0 Å². The summed E-state index contributed by atoms with van der Waals surface area (Å²) in [5.41, 5.74) is 11.4. The average molecular weight is 364 g/mol. The smallest absolute Gasteiger partial charge is 0.254 e. The Kier molecular flexibility index (Phi) is 4.17. The highest BCUT2D eigenvalue weighted by Gasteiger charge is 2.28. The van der Waals surface area contributed by atoms with Crippen LogP contribution in [0.15, 0.2) is 54.7 Å². The van der Waals surface area contributed by atoms with E-state index in [4.69, 9.17) is 10.6 Å². The first-order chi connectivity index (χ1) is 13.1. The molecule has 2 aliphatic heterocycles. The van der Waals surface area contributed by atoms with Gasteiger partial charge in [0, 0.05) is 29.9 Å². The maximum absolute atomic E-state index is 12.5. The van der Waals surface area contributed by atoms with Crippen LogP contribution in [0.5, 0.6) is 0 Å².